The molecule has 0 radical (unpaired) electrons. The summed E-state index contributed by atoms with van der Waals surface area (Å²) in [7, 11) is 0. The molecule has 3 aromatic carbocycles. The van der Waals surface area contributed by atoms with Crippen LogP contribution in [0.1, 0.15) is 24.9 Å². The SMILES string of the molecule is CC1=C(C(=O)Nc2ccccc2)[C@H](c2cccc(NC(=O)Nc3ccc(Br)cc3)c2)N2CCCSC2=N1. The summed E-state index contributed by atoms with van der Waals surface area (Å²) < 4.78 is 0.938. The van der Waals surface area contributed by atoms with Crippen molar-refractivity contribution >= 4 is 61.9 Å². The molecule has 1 saturated heterocycles. The number of hydrogen-bond acceptors (Lipinski definition) is 5. The number of carbonyl (C=O) groups is 2. The summed E-state index contributed by atoms with van der Waals surface area (Å²) in [5.41, 5.74) is 4.27. The summed E-state index contributed by atoms with van der Waals surface area (Å²) in [4.78, 5) is 33.2. The number of urea groups is 1. The molecule has 3 aromatic rings. The van der Waals surface area contributed by atoms with Crippen LogP contribution in [-0.4, -0.2) is 34.3 Å². The number of thioether (sulfide) groups is 1. The topological polar surface area (TPSA) is 85.8 Å². The monoisotopic (exact) mass is 575 g/mol. The van der Waals surface area contributed by atoms with Crippen LogP contribution in [0.4, 0.5) is 21.9 Å². The Labute approximate surface area is 228 Å². The zero-order valence-corrected chi connectivity index (χ0v) is 22.6. The fourth-order valence-corrected chi connectivity index (χ4v) is 5.72. The van der Waals surface area contributed by atoms with Gasteiger partial charge in [0, 0.05) is 33.8 Å². The summed E-state index contributed by atoms with van der Waals surface area (Å²) in [6.45, 7) is 2.69. The first-order valence-electron chi connectivity index (χ1n) is 12.0. The lowest BCUT2D eigenvalue weighted by Gasteiger charge is -2.41. The summed E-state index contributed by atoms with van der Waals surface area (Å²) >= 11 is 5.11. The van der Waals surface area contributed by atoms with E-state index in [4.69, 9.17) is 4.99 Å². The Hall–Kier alpha value is -3.56. The number of carbonyl (C=O) groups excluding carboxylic acids is 2. The molecule has 1 fully saturated rings. The van der Waals surface area contributed by atoms with Gasteiger partial charge in [-0.1, -0.05) is 58.0 Å². The van der Waals surface area contributed by atoms with Crippen molar-refractivity contribution in [2.24, 2.45) is 4.99 Å². The summed E-state index contributed by atoms with van der Waals surface area (Å²) in [5, 5.41) is 9.73. The number of anilines is 3. The lowest BCUT2D eigenvalue weighted by atomic mass is 9.93. The third-order valence-corrected chi connectivity index (χ3v) is 7.70. The molecule has 2 aliphatic heterocycles. The third-order valence-electron chi connectivity index (χ3n) is 6.10. The number of hydrogen-bond donors (Lipinski definition) is 3. The van der Waals surface area contributed by atoms with Gasteiger partial charge in [-0.2, -0.15) is 0 Å². The van der Waals surface area contributed by atoms with E-state index in [1.807, 2.05) is 85.8 Å². The number of rotatable bonds is 5. The molecular formula is C28H26BrN5O2S. The molecule has 3 N–H and O–H groups in total. The van der Waals surface area contributed by atoms with Gasteiger partial charge in [0.05, 0.1) is 17.3 Å². The fourth-order valence-electron chi connectivity index (χ4n) is 4.44. The second kappa shape index (κ2) is 11.2. The van der Waals surface area contributed by atoms with Gasteiger partial charge in [0.2, 0.25) is 0 Å². The molecule has 3 amide bonds. The number of nitrogens with one attached hydrogen (secondary N) is 3. The molecule has 0 spiro atoms. The summed E-state index contributed by atoms with van der Waals surface area (Å²) in [5.74, 6) is 0.817. The number of fused-ring (bicyclic) bond motifs is 1. The normalized spacial score (nSPS) is 17.0. The highest BCUT2D eigenvalue weighted by Crippen LogP contribution is 2.40. The Morgan fingerprint density at radius 1 is 0.919 bits per heavy atom. The average molecular weight is 577 g/mol. The number of aliphatic imine (C=N–C) groups is 1. The lowest BCUT2D eigenvalue weighted by Crippen LogP contribution is -2.43. The van der Waals surface area contributed by atoms with Crippen LogP contribution >= 0.6 is 27.7 Å². The van der Waals surface area contributed by atoms with E-state index in [1.54, 1.807) is 11.8 Å². The van der Waals surface area contributed by atoms with Crippen molar-refractivity contribution in [2.45, 2.75) is 19.4 Å². The Bertz CT molecular complexity index is 1370. The average Bonchev–Trinajstić information content (AvgIpc) is 2.90. The van der Waals surface area contributed by atoms with Crippen molar-refractivity contribution in [1.29, 1.82) is 0 Å². The summed E-state index contributed by atoms with van der Waals surface area (Å²) in [6, 6.07) is 23.8. The number of benzene rings is 3. The molecule has 9 heteroatoms. The van der Waals surface area contributed by atoms with E-state index in [0.29, 0.717) is 22.6 Å². The number of halogens is 1. The highest BCUT2D eigenvalue weighted by Gasteiger charge is 2.37. The van der Waals surface area contributed by atoms with Gasteiger partial charge < -0.3 is 20.9 Å². The molecular weight excluding hydrogens is 550 g/mol. The van der Waals surface area contributed by atoms with Crippen molar-refractivity contribution in [2.75, 3.05) is 28.2 Å². The Balaban J connectivity index is 1.43. The minimum Gasteiger partial charge on any atom is -0.340 e. The van der Waals surface area contributed by atoms with Crippen molar-refractivity contribution in [3.63, 3.8) is 0 Å². The molecule has 0 aromatic heterocycles. The smallest absolute Gasteiger partial charge is 0.323 e. The van der Waals surface area contributed by atoms with E-state index in [-0.39, 0.29) is 18.0 Å². The maximum atomic E-state index is 13.6. The maximum Gasteiger partial charge on any atom is 0.323 e. The molecule has 7 nitrogen and oxygen atoms in total. The Kier molecular flexibility index (Phi) is 7.62. The van der Waals surface area contributed by atoms with Crippen LogP contribution in [0.15, 0.2) is 99.6 Å². The van der Waals surface area contributed by atoms with Gasteiger partial charge in [0.1, 0.15) is 0 Å². The van der Waals surface area contributed by atoms with Gasteiger partial charge in [-0.15, -0.1) is 0 Å². The predicted octanol–water partition coefficient (Wildman–Crippen LogP) is 6.86. The highest BCUT2D eigenvalue weighted by atomic mass is 79.9. The molecule has 37 heavy (non-hydrogen) atoms. The van der Waals surface area contributed by atoms with Gasteiger partial charge in [-0.3, -0.25) is 4.79 Å². The third kappa shape index (κ3) is 5.89. The van der Waals surface area contributed by atoms with Crippen LogP contribution in [0, 0.1) is 0 Å². The molecule has 2 aliphatic rings. The van der Waals surface area contributed by atoms with Gasteiger partial charge in [-0.25, -0.2) is 9.79 Å². The minimum atomic E-state index is -0.340. The summed E-state index contributed by atoms with van der Waals surface area (Å²) in [6.07, 6.45) is 1.00. The van der Waals surface area contributed by atoms with E-state index in [1.165, 1.54) is 0 Å². The Morgan fingerprint density at radius 3 is 2.41 bits per heavy atom. The highest BCUT2D eigenvalue weighted by molar-refractivity contribution is 9.10. The number of para-hydroxylation sites is 1. The minimum absolute atomic E-state index is 0.182. The number of amidine groups is 1. The van der Waals surface area contributed by atoms with Crippen LogP contribution in [0.3, 0.4) is 0 Å². The van der Waals surface area contributed by atoms with E-state index in [2.05, 4.69) is 36.8 Å². The standard InChI is InChI=1S/C28H26BrN5O2S/c1-18-24(26(35)31-21-8-3-2-4-9-21)25(34-15-6-16-37-28(34)30-18)19-7-5-10-23(17-19)33-27(36)32-22-13-11-20(29)12-14-22/h2-5,7-14,17,25H,6,15-16H2,1H3,(H,31,35)(H2,32,33,36)/t25-/m0/s1. The van der Waals surface area contributed by atoms with Crippen molar-refractivity contribution in [1.82, 2.24) is 4.90 Å². The van der Waals surface area contributed by atoms with E-state index < -0.39 is 0 Å². The van der Waals surface area contributed by atoms with Gasteiger partial charge in [-0.05, 0) is 67.4 Å². The van der Waals surface area contributed by atoms with E-state index >= 15 is 0 Å². The van der Waals surface area contributed by atoms with Crippen molar-refractivity contribution in [3.05, 3.63) is 100 Å². The number of allylic oxidation sites excluding steroid dienone is 1. The molecule has 188 valence electrons. The van der Waals surface area contributed by atoms with Crippen molar-refractivity contribution in [3.8, 4) is 0 Å². The predicted molar refractivity (Wildman–Crippen MR) is 155 cm³/mol. The fraction of sp³-hybridized carbons (Fsp3) is 0.179. The lowest BCUT2D eigenvalue weighted by molar-refractivity contribution is -0.113. The Morgan fingerprint density at radius 2 is 1.62 bits per heavy atom. The second-order valence-electron chi connectivity index (χ2n) is 8.72. The van der Waals surface area contributed by atoms with Crippen LogP contribution in [0.25, 0.3) is 0 Å². The molecule has 0 bridgehead atoms. The van der Waals surface area contributed by atoms with Crippen LogP contribution in [0.2, 0.25) is 0 Å². The molecule has 0 unspecified atom stereocenters. The van der Waals surface area contributed by atoms with E-state index in [9.17, 15) is 9.59 Å². The molecule has 0 aliphatic carbocycles. The second-order valence-corrected chi connectivity index (χ2v) is 10.7. The number of nitrogens with zero attached hydrogens (tertiary/aromatic N) is 2. The maximum absolute atomic E-state index is 13.6. The first-order valence-corrected chi connectivity index (χ1v) is 13.7. The van der Waals surface area contributed by atoms with Gasteiger partial charge >= 0.3 is 6.03 Å². The molecule has 0 saturated carbocycles. The first-order chi connectivity index (χ1) is 18.0. The largest absolute Gasteiger partial charge is 0.340 e. The zero-order valence-electron chi connectivity index (χ0n) is 20.2. The van der Waals surface area contributed by atoms with E-state index in [0.717, 1.165) is 39.6 Å². The number of amides is 3. The molecule has 2 heterocycles. The molecule has 1 atom stereocenters. The molecule has 5 rings (SSSR count). The van der Waals surface area contributed by atoms with Crippen LogP contribution < -0.4 is 16.0 Å². The quantitative estimate of drug-likeness (QED) is 0.310. The van der Waals surface area contributed by atoms with Gasteiger partial charge in [0.25, 0.3) is 5.91 Å². The first kappa shape index (κ1) is 25.1. The van der Waals surface area contributed by atoms with Crippen molar-refractivity contribution < 1.29 is 9.59 Å². The zero-order chi connectivity index (χ0) is 25.8. The van der Waals surface area contributed by atoms with Crippen LogP contribution in [0.5, 0.6) is 0 Å². The van der Waals surface area contributed by atoms with Crippen LogP contribution in [-0.2, 0) is 4.79 Å². The van der Waals surface area contributed by atoms with Gasteiger partial charge in [0.15, 0.2) is 5.17 Å².